The van der Waals surface area contributed by atoms with Gasteiger partial charge in [0.25, 0.3) is 0 Å². The second-order valence-corrected chi connectivity index (χ2v) is 6.25. The average molecular weight is 280 g/mol. The molecular formula is C14H20N2O4. The van der Waals surface area contributed by atoms with Gasteiger partial charge in [0.15, 0.2) is 5.79 Å². The zero-order valence-electron chi connectivity index (χ0n) is 11.9. The van der Waals surface area contributed by atoms with E-state index in [-0.39, 0.29) is 11.8 Å². The van der Waals surface area contributed by atoms with Crippen LogP contribution in [0.4, 0.5) is 0 Å². The van der Waals surface area contributed by atoms with Crippen molar-refractivity contribution in [2.75, 3.05) is 13.2 Å². The standard InChI is InChI=1S/C14H20N2O4/c1-13(2)9-14(19-5-6-20-14)7-10-8-16(15-12(10)13)4-3-11(17)18/h8H,3-7,9H2,1-2H3,(H,17,18). The largest absolute Gasteiger partial charge is 0.481 e. The first-order valence-electron chi connectivity index (χ1n) is 6.97. The number of hydrogen-bond acceptors (Lipinski definition) is 4. The van der Waals surface area contributed by atoms with Gasteiger partial charge in [-0.05, 0) is 5.56 Å². The smallest absolute Gasteiger partial charge is 0.305 e. The van der Waals surface area contributed by atoms with Gasteiger partial charge in [0, 0.05) is 24.5 Å². The summed E-state index contributed by atoms with van der Waals surface area (Å²) in [7, 11) is 0. The monoisotopic (exact) mass is 280 g/mol. The summed E-state index contributed by atoms with van der Waals surface area (Å²) < 4.78 is 13.4. The molecule has 1 aliphatic carbocycles. The molecule has 0 atom stereocenters. The number of carboxylic acid groups (broad SMARTS) is 1. The highest BCUT2D eigenvalue weighted by Crippen LogP contribution is 2.44. The summed E-state index contributed by atoms with van der Waals surface area (Å²) in [5.41, 5.74) is 2.01. The van der Waals surface area contributed by atoms with Crippen LogP contribution in [0.25, 0.3) is 0 Å². The zero-order chi connectivity index (χ0) is 14.4. The molecule has 1 aromatic heterocycles. The highest BCUT2D eigenvalue weighted by atomic mass is 16.7. The number of aliphatic carboxylic acids is 1. The van der Waals surface area contributed by atoms with Crippen LogP contribution in [0, 0.1) is 0 Å². The lowest BCUT2D eigenvalue weighted by Gasteiger charge is -2.39. The predicted molar refractivity (Wildman–Crippen MR) is 70.5 cm³/mol. The molecule has 0 aromatic carbocycles. The number of carbonyl (C=O) groups is 1. The Morgan fingerprint density at radius 2 is 2.15 bits per heavy atom. The van der Waals surface area contributed by atoms with Crippen molar-refractivity contribution in [3.63, 3.8) is 0 Å². The van der Waals surface area contributed by atoms with Crippen molar-refractivity contribution < 1.29 is 19.4 Å². The van der Waals surface area contributed by atoms with Crippen LogP contribution in [0.5, 0.6) is 0 Å². The predicted octanol–water partition coefficient (Wildman–Crippen LogP) is 1.32. The molecule has 0 radical (unpaired) electrons. The van der Waals surface area contributed by atoms with Crippen LogP contribution in [0.3, 0.4) is 0 Å². The van der Waals surface area contributed by atoms with E-state index < -0.39 is 11.8 Å². The van der Waals surface area contributed by atoms with Crippen molar-refractivity contribution in [2.24, 2.45) is 0 Å². The highest BCUT2D eigenvalue weighted by molar-refractivity contribution is 5.66. The van der Waals surface area contributed by atoms with E-state index in [4.69, 9.17) is 14.6 Å². The quantitative estimate of drug-likeness (QED) is 0.904. The van der Waals surface area contributed by atoms with E-state index >= 15 is 0 Å². The van der Waals surface area contributed by atoms with Crippen molar-refractivity contribution >= 4 is 5.97 Å². The number of rotatable bonds is 3. The second-order valence-electron chi connectivity index (χ2n) is 6.25. The molecule has 1 N–H and O–H groups in total. The topological polar surface area (TPSA) is 73.6 Å². The van der Waals surface area contributed by atoms with Gasteiger partial charge in [-0.1, -0.05) is 13.8 Å². The van der Waals surface area contributed by atoms with Gasteiger partial charge in [0.1, 0.15) is 0 Å². The van der Waals surface area contributed by atoms with Crippen molar-refractivity contribution in [1.82, 2.24) is 9.78 Å². The first-order valence-corrected chi connectivity index (χ1v) is 6.97. The summed E-state index contributed by atoms with van der Waals surface area (Å²) in [4.78, 5) is 10.7. The normalized spacial score (nSPS) is 22.9. The summed E-state index contributed by atoms with van der Waals surface area (Å²) in [5, 5.41) is 13.3. The number of aryl methyl sites for hydroxylation is 1. The summed E-state index contributed by atoms with van der Waals surface area (Å²) in [6, 6.07) is 0. The van der Waals surface area contributed by atoms with Crippen LogP contribution >= 0.6 is 0 Å². The molecule has 1 spiro atoms. The van der Waals surface area contributed by atoms with Gasteiger partial charge < -0.3 is 14.6 Å². The van der Waals surface area contributed by atoms with Crippen LogP contribution < -0.4 is 0 Å². The summed E-state index contributed by atoms with van der Waals surface area (Å²) in [5.74, 6) is -1.33. The number of ether oxygens (including phenoxy) is 2. The SMILES string of the molecule is CC1(C)CC2(Cc3cn(CCC(=O)O)nc31)OCCO2. The molecule has 1 aromatic rings. The van der Waals surface area contributed by atoms with E-state index in [2.05, 4.69) is 18.9 Å². The van der Waals surface area contributed by atoms with Crippen molar-refractivity contribution in [3.8, 4) is 0 Å². The van der Waals surface area contributed by atoms with Crippen LogP contribution in [-0.4, -0.2) is 39.9 Å². The third kappa shape index (κ3) is 2.33. The van der Waals surface area contributed by atoms with Gasteiger partial charge in [-0.3, -0.25) is 9.48 Å². The first-order chi connectivity index (χ1) is 9.40. The minimum atomic E-state index is -0.809. The molecule has 20 heavy (non-hydrogen) atoms. The zero-order valence-corrected chi connectivity index (χ0v) is 11.9. The van der Waals surface area contributed by atoms with E-state index in [0.29, 0.717) is 26.2 Å². The Balaban J connectivity index is 1.87. The van der Waals surface area contributed by atoms with E-state index in [9.17, 15) is 4.79 Å². The third-order valence-corrected chi connectivity index (χ3v) is 4.02. The molecule has 0 saturated carbocycles. The van der Waals surface area contributed by atoms with Gasteiger partial charge in [-0.2, -0.15) is 5.10 Å². The van der Waals surface area contributed by atoms with Crippen LogP contribution in [0.2, 0.25) is 0 Å². The number of carboxylic acids is 1. The number of nitrogens with zero attached hydrogens (tertiary/aromatic N) is 2. The highest BCUT2D eigenvalue weighted by Gasteiger charge is 2.48. The van der Waals surface area contributed by atoms with E-state index in [1.807, 2.05) is 6.20 Å². The van der Waals surface area contributed by atoms with Crippen LogP contribution in [0.1, 0.15) is 37.9 Å². The first kappa shape index (κ1) is 13.6. The van der Waals surface area contributed by atoms with Gasteiger partial charge in [0.2, 0.25) is 0 Å². The van der Waals surface area contributed by atoms with Gasteiger partial charge in [0.05, 0.1) is 31.9 Å². The molecule has 110 valence electrons. The Morgan fingerprint density at radius 1 is 1.45 bits per heavy atom. The van der Waals surface area contributed by atoms with Crippen LogP contribution in [-0.2, 0) is 32.6 Å². The molecule has 1 aliphatic heterocycles. The second kappa shape index (κ2) is 4.56. The fourth-order valence-electron chi connectivity index (χ4n) is 3.30. The Hall–Kier alpha value is -1.40. The molecule has 0 bridgehead atoms. The fourth-order valence-corrected chi connectivity index (χ4v) is 3.30. The number of fused-ring (bicyclic) bond motifs is 1. The van der Waals surface area contributed by atoms with E-state index in [1.54, 1.807) is 4.68 Å². The van der Waals surface area contributed by atoms with E-state index in [0.717, 1.165) is 17.7 Å². The summed E-state index contributed by atoms with van der Waals surface area (Å²) >= 11 is 0. The Bertz CT molecular complexity index is 529. The van der Waals surface area contributed by atoms with Gasteiger partial charge in [-0.15, -0.1) is 0 Å². The van der Waals surface area contributed by atoms with Crippen LogP contribution in [0.15, 0.2) is 6.20 Å². The molecule has 0 amide bonds. The Labute approximate surface area is 117 Å². The van der Waals surface area contributed by atoms with Gasteiger partial charge >= 0.3 is 5.97 Å². The maximum Gasteiger partial charge on any atom is 0.305 e. The lowest BCUT2D eigenvalue weighted by Crippen LogP contribution is -2.44. The number of aromatic nitrogens is 2. The molecule has 1 saturated heterocycles. The molecule has 1 fully saturated rings. The maximum absolute atomic E-state index is 10.7. The van der Waals surface area contributed by atoms with E-state index in [1.165, 1.54) is 0 Å². The molecule has 2 heterocycles. The molecule has 0 unspecified atom stereocenters. The average Bonchev–Trinajstić information content (AvgIpc) is 2.93. The Morgan fingerprint density at radius 3 is 2.80 bits per heavy atom. The summed E-state index contributed by atoms with van der Waals surface area (Å²) in [6.45, 7) is 5.93. The van der Waals surface area contributed by atoms with Crippen molar-refractivity contribution in [1.29, 1.82) is 0 Å². The minimum absolute atomic E-state index is 0.0825. The molecule has 6 heteroatoms. The minimum Gasteiger partial charge on any atom is -0.481 e. The lowest BCUT2D eigenvalue weighted by atomic mass is 9.74. The van der Waals surface area contributed by atoms with Crippen molar-refractivity contribution in [3.05, 3.63) is 17.5 Å². The third-order valence-electron chi connectivity index (χ3n) is 4.02. The molecule has 6 nitrogen and oxygen atoms in total. The fraction of sp³-hybridized carbons (Fsp3) is 0.714. The lowest BCUT2D eigenvalue weighted by molar-refractivity contribution is -0.175. The van der Waals surface area contributed by atoms with Gasteiger partial charge in [-0.25, -0.2) is 0 Å². The molecule has 3 rings (SSSR count). The molecular weight excluding hydrogens is 260 g/mol. The number of hydrogen-bond donors (Lipinski definition) is 1. The Kier molecular flexibility index (Phi) is 3.10. The summed E-state index contributed by atoms with van der Waals surface area (Å²) in [6.07, 6.45) is 3.49. The maximum atomic E-state index is 10.7. The van der Waals surface area contributed by atoms with Crippen molar-refractivity contribution in [2.45, 2.75) is 50.9 Å². The molecule has 2 aliphatic rings.